The average Bonchev–Trinajstić information content (AvgIpc) is 2.50. The molecule has 0 aliphatic rings. The van der Waals surface area contributed by atoms with Crippen LogP contribution in [-0.2, 0) is 4.79 Å². The maximum atomic E-state index is 10.3. The van der Waals surface area contributed by atoms with E-state index in [2.05, 4.69) is 6.92 Å². The van der Waals surface area contributed by atoms with Gasteiger partial charge in [-0.1, -0.05) is 96.8 Å². The van der Waals surface area contributed by atoms with Crippen LogP contribution in [0.5, 0.6) is 0 Å². The second kappa shape index (κ2) is 31.0. The molecule has 0 spiro atoms. The minimum atomic E-state index is -1.83. The van der Waals surface area contributed by atoms with Gasteiger partial charge in [-0.15, -0.1) is 0 Å². The van der Waals surface area contributed by atoms with Crippen LogP contribution in [0.1, 0.15) is 115 Å². The number of unbranched alkanes of at least 4 members (excludes halogenated alkanes) is 14. The van der Waals surface area contributed by atoms with Gasteiger partial charge in [-0.05, 0) is 6.42 Å². The molecule has 0 saturated heterocycles. The fraction of sp³-hybridized carbons (Fsp3) is 0.895. The molecule has 0 aromatic rings. The van der Waals surface area contributed by atoms with E-state index in [0.29, 0.717) is 6.42 Å². The third-order valence-corrected chi connectivity index (χ3v) is 3.99. The molecular formula is C19H42Ca2O5. The molecule has 5 nitrogen and oxygen atoms in total. The minimum absolute atomic E-state index is 0. The average molecular weight is 431 g/mol. The molecule has 0 heterocycles. The molecule has 152 valence electrons. The number of carboxylic acid groups (broad SMARTS) is 3. The molecule has 7 heteroatoms. The number of carboxylic acids is 1. The van der Waals surface area contributed by atoms with Gasteiger partial charge in [0.1, 0.15) is 0 Å². The Balaban J connectivity index is -0.0000000739. The number of carbonyl (C=O) groups is 2. The molecule has 0 saturated carbocycles. The third-order valence-electron chi connectivity index (χ3n) is 3.99. The zero-order valence-corrected chi connectivity index (χ0v) is 21.3. The topological polar surface area (TPSA) is 94.8 Å². The Morgan fingerprint density at radius 1 is 0.577 bits per heavy atom. The molecule has 0 radical (unpaired) electrons. The minimum Gasteiger partial charge on any atom is -1.00 e. The molecule has 0 aromatic carbocycles. The van der Waals surface area contributed by atoms with Crippen molar-refractivity contribution >= 4 is 87.6 Å². The van der Waals surface area contributed by atoms with E-state index in [1.165, 1.54) is 83.5 Å². The van der Waals surface area contributed by atoms with E-state index in [9.17, 15) is 4.79 Å². The first-order chi connectivity index (χ1) is 11.5. The van der Waals surface area contributed by atoms with Crippen LogP contribution in [0.15, 0.2) is 0 Å². The first-order valence-electron chi connectivity index (χ1n) is 9.64. The predicted octanol–water partition coefficient (Wildman–Crippen LogP) is 6.24. The molecule has 0 bridgehead atoms. The van der Waals surface area contributed by atoms with E-state index in [1.807, 2.05) is 0 Å². The standard InChI is InChI=1S/C18H36O2.CH2O3.2Ca.4H/c1-2-3-4-5-6-7-8-9-10-11-12-13-14-15-16-17-18(19)20;2-1(3)4;;;;;;/h2-17H2,1H3,(H,19,20);(H2,2,3,4);;;;;;/q;;2*+2;4*-1. The van der Waals surface area contributed by atoms with Crippen molar-refractivity contribution in [2.24, 2.45) is 0 Å². The second-order valence-electron chi connectivity index (χ2n) is 6.38. The van der Waals surface area contributed by atoms with Crippen LogP contribution in [-0.4, -0.2) is 103 Å². The van der Waals surface area contributed by atoms with Gasteiger partial charge < -0.3 is 21.0 Å². The maximum Gasteiger partial charge on any atom is 2.00 e. The fourth-order valence-electron chi connectivity index (χ4n) is 2.65. The summed E-state index contributed by atoms with van der Waals surface area (Å²) in [5.41, 5.74) is 0. The molecule has 0 atom stereocenters. The zero-order chi connectivity index (χ0) is 18.5. The van der Waals surface area contributed by atoms with E-state index in [0.717, 1.165) is 12.8 Å². The summed E-state index contributed by atoms with van der Waals surface area (Å²) in [6.45, 7) is 2.27. The normalized spacial score (nSPS) is 9.27. The van der Waals surface area contributed by atoms with Crippen molar-refractivity contribution in [3.63, 3.8) is 0 Å². The molecular weight excluding hydrogens is 388 g/mol. The first kappa shape index (κ1) is 34.7. The Kier molecular flexibility index (Phi) is 41.4. The number of hydrogen-bond donors (Lipinski definition) is 3. The van der Waals surface area contributed by atoms with Crippen molar-refractivity contribution in [2.45, 2.75) is 110 Å². The van der Waals surface area contributed by atoms with Crippen molar-refractivity contribution in [1.29, 1.82) is 0 Å². The van der Waals surface area contributed by atoms with Gasteiger partial charge >= 0.3 is 87.6 Å². The zero-order valence-electron chi connectivity index (χ0n) is 20.9. The van der Waals surface area contributed by atoms with Crippen molar-refractivity contribution in [3.05, 3.63) is 0 Å². The number of aliphatic carboxylic acids is 1. The molecule has 0 aliphatic heterocycles. The van der Waals surface area contributed by atoms with E-state index in [-0.39, 0.29) is 81.2 Å². The fourth-order valence-corrected chi connectivity index (χ4v) is 2.65. The van der Waals surface area contributed by atoms with Gasteiger partial charge in [0.2, 0.25) is 0 Å². The summed E-state index contributed by atoms with van der Waals surface area (Å²) in [5.74, 6) is -0.653. The van der Waals surface area contributed by atoms with Gasteiger partial charge in [0, 0.05) is 6.42 Å². The van der Waals surface area contributed by atoms with Crippen LogP contribution in [0.2, 0.25) is 0 Å². The summed E-state index contributed by atoms with van der Waals surface area (Å²) < 4.78 is 0. The Morgan fingerprint density at radius 3 is 1.04 bits per heavy atom. The summed E-state index contributed by atoms with van der Waals surface area (Å²) in [6, 6.07) is 0. The molecule has 0 amide bonds. The van der Waals surface area contributed by atoms with Crippen molar-refractivity contribution in [3.8, 4) is 0 Å². The van der Waals surface area contributed by atoms with E-state index >= 15 is 0 Å². The van der Waals surface area contributed by atoms with E-state index in [1.54, 1.807) is 0 Å². The number of rotatable bonds is 16. The van der Waals surface area contributed by atoms with Gasteiger partial charge in [-0.3, -0.25) is 4.79 Å². The van der Waals surface area contributed by atoms with Crippen molar-refractivity contribution in [2.75, 3.05) is 0 Å². The smallest absolute Gasteiger partial charge is 1.00 e. The Hall–Kier alpha value is 1.26. The Morgan fingerprint density at radius 2 is 0.808 bits per heavy atom. The largest absolute Gasteiger partial charge is 2.00 e. The van der Waals surface area contributed by atoms with Crippen molar-refractivity contribution < 1.29 is 30.6 Å². The van der Waals surface area contributed by atoms with E-state index in [4.69, 9.17) is 20.1 Å². The van der Waals surface area contributed by atoms with Gasteiger partial charge in [0.05, 0.1) is 0 Å². The van der Waals surface area contributed by atoms with Crippen LogP contribution in [0, 0.1) is 0 Å². The SMILES string of the molecule is CCCCCCCCCCCCCCCCCC(=O)O.O=C(O)O.[Ca+2].[Ca+2].[H-].[H-].[H-].[H-]. The molecule has 0 fully saturated rings. The van der Waals surface area contributed by atoms with Crippen LogP contribution in [0.25, 0.3) is 0 Å². The van der Waals surface area contributed by atoms with Crippen LogP contribution in [0.3, 0.4) is 0 Å². The summed E-state index contributed by atoms with van der Waals surface area (Å²) in [5, 5.41) is 22.5. The van der Waals surface area contributed by atoms with Crippen molar-refractivity contribution in [1.82, 2.24) is 0 Å². The Bertz CT molecular complexity index is 302. The summed E-state index contributed by atoms with van der Waals surface area (Å²) >= 11 is 0. The monoisotopic (exact) mass is 430 g/mol. The van der Waals surface area contributed by atoms with Gasteiger partial charge in [-0.25, -0.2) is 4.79 Å². The van der Waals surface area contributed by atoms with Crippen LogP contribution >= 0.6 is 0 Å². The molecule has 0 unspecified atom stereocenters. The summed E-state index contributed by atoms with van der Waals surface area (Å²) in [7, 11) is 0. The molecule has 0 aliphatic carbocycles. The molecule has 0 rings (SSSR count). The second-order valence-corrected chi connectivity index (χ2v) is 6.38. The summed E-state index contributed by atoms with van der Waals surface area (Å²) in [6.07, 6.45) is 18.4. The van der Waals surface area contributed by atoms with Gasteiger partial charge in [0.25, 0.3) is 0 Å². The first-order valence-corrected chi connectivity index (χ1v) is 9.64. The molecule has 0 aromatic heterocycles. The van der Waals surface area contributed by atoms with Gasteiger partial charge in [0.15, 0.2) is 0 Å². The summed E-state index contributed by atoms with van der Waals surface area (Å²) in [4.78, 5) is 18.9. The molecule has 26 heavy (non-hydrogen) atoms. The maximum absolute atomic E-state index is 10.3. The van der Waals surface area contributed by atoms with Gasteiger partial charge in [-0.2, -0.15) is 0 Å². The Labute approximate surface area is 225 Å². The number of hydrogen-bond acceptors (Lipinski definition) is 2. The third kappa shape index (κ3) is 44.6. The van der Waals surface area contributed by atoms with E-state index < -0.39 is 12.1 Å². The van der Waals surface area contributed by atoms with Crippen LogP contribution < -0.4 is 0 Å². The molecule has 3 N–H and O–H groups in total. The predicted molar refractivity (Wildman–Crippen MR) is 114 cm³/mol. The van der Waals surface area contributed by atoms with Crippen LogP contribution in [0.4, 0.5) is 4.79 Å². The quantitative estimate of drug-likeness (QED) is 0.199.